The van der Waals surface area contributed by atoms with Crippen LogP contribution in [0.25, 0.3) is 0 Å². The summed E-state index contributed by atoms with van der Waals surface area (Å²) in [5.41, 5.74) is 3.62. The number of benzene rings is 3. The summed E-state index contributed by atoms with van der Waals surface area (Å²) < 4.78 is 27.1. The Balaban J connectivity index is 2.07. The summed E-state index contributed by atoms with van der Waals surface area (Å²) in [7, 11) is -3.84. The molecule has 0 aliphatic heterocycles. The molecule has 0 aromatic heterocycles. The summed E-state index contributed by atoms with van der Waals surface area (Å²) in [6.07, 6.45) is 3.00. The number of nitrogens with one attached hydrogen (secondary N) is 1. The molecule has 10 heteroatoms. The topological polar surface area (TPSA) is 86.8 Å². The van der Waals surface area contributed by atoms with Gasteiger partial charge in [0.15, 0.2) is 0 Å². The van der Waals surface area contributed by atoms with Crippen molar-refractivity contribution in [3.8, 4) is 0 Å². The molecule has 41 heavy (non-hydrogen) atoms. The first-order valence-electron chi connectivity index (χ1n) is 13.5. The molecule has 0 saturated heterocycles. The highest BCUT2D eigenvalue weighted by Crippen LogP contribution is 2.26. The van der Waals surface area contributed by atoms with Crippen molar-refractivity contribution >= 4 is 50.7 Å². The molecular formula is C31H37Cl2N3O4S. The highest BCUT2D eigenvalue weighted by Gasteiger charge is 2.33. The average Bonchev–Trinajstić information content (AvgIpc) is 2.91. The maximum atomic E-state index is 14.2. The Bertz CT molecular complexity index is 1470. The van der Waals surface area contributed by atoms with E-state index in [4.69, 9.17) is 23.2 Å². The molecule has 0 unspecified atom stereocenters. The number of hydrogen-bond acceptors (Lipinski definition) is 4. The minimum atomic E-state index is -3.84. The first-order chi connectivity index (χ1) is 19.4. The van der Waals surface area contributed by atoms with E-state index in [9.17, 15) is 18.0 Å². The van der Waals surface area contributed by atoms with Gasteiger partial charge in [0.1, 0.15) is 12.6 Å². The van der Waals surface area contributed by atoms with E-state index in [0.29, 0.717) is 27.8 Å². The molecule has 7 nitrogen and oxygen atoms in total. The first-order valence-corrected chi connectivity index (χ1v) is 16.1. The lowest BCUT2D eigenvalue weighted by atomic mass is 10.0. The van der Waals surface area contributed by atoms with Crippen LogP contribution in [0.2, 0.25) is 10.0 Å². The second-order valence-corrected chi connectivity index (χ2v) is 12.9. The molecule has 0 saturated carbocycles. The fourth-order valence-corrected chi connectivity index (χ4v) is 5.80. The lowest BCUT2D eigenvalue weighted by Crippen LogP contribution is -2.53. The van der Waals surface area contributed by atoms with E-state index in [-0.39, 0.29) is 18.9 Å². The van der Waals surface area contributed by atoms with E-state index in [1.165, 1.54) is 4.90 Å². The van der Waals surface area contributed by atoms with Crippen LogP contribution in [0.5, 0.6) is 0 Å². The highest BCUT2D eigenvalue weighted by atomic mass is 35.5. The highest BCUT2D eigenvalue weighted by molar-refractivity contribution is 7.92. The van der Waals surface area contributed by atoms with Crippen LogP contribution in [0.3, 0.4) is 0 Å². The Hall–Kier alpha value is -3.07. The van der Waals surface area contributed by atoms with Gasteiger partial charge in [-0.2, -0.15) is 0 Å². The van der Waals surface area contributed by atoms with Gasteiger partial charge in [0.25, 0.3) is 0 Å². The summed E-state index contributed by atoms with van der Waals surface area (Å²) in [4.78, 5) is 29.2. The normalized spacial score (nSPS) is 12.0. The van der Waals surface area contributed by atoms with Gasteiger partial charge in [-0.15, -0.1) is 0 Å². The minimum absolute atomic E-state index is 0.0267. The predicted molar refractivity (Wildman–Crippen MR) is 167 cm³/mol. The van der Waals surface area contributed by atoms with Gasteiger partial charge < -0.3 is 10.2 Å². The van der Waals surface area contributed by atoms with E-state index in [0.717, 1.165) is 40.1 Å². The number of rotatable bonds is 13. The summed E-state index contributed by atoms with van der Waals surface area (Å²) in [5, 5.41) is 3.65. The molecule has 0 spiro atoms. The van der Waals surface area contributed by atoms with Crippen LogP contribution < -0.4 is 9.62 Å². The van der Waals surface area contributed by atoms with Gasteiger partial charge in [0, 0.05) is 19.5 Å². The van der Waals surface area contributed by atoms with Gasteiger partial charge in [-0.1, -0.05) is 90.6 Å². The van der Waals surface area contributed by atoms with Gasteiger partial charge >= 0.3 is 0 Å². The zero-order valence-corrected chi connectivity index (χ0v) is 26.2. The molecule has 0 fully saturated rings. The number of halogens is 2. The van der Waals surface area contributed by atoms with Crippen LogP contribution in [-0.4, -0.2) is 50.5 Å². The lowest BCUT2D eigenvalue weighted by molar-refractivity contribution is -0.140. The minimum Gasteiger partial charge on any atom is -0.354 e. The Morgan fingerprint density at radius 3 is 2.24 bits per heavy atom. The molecule has 1 atom stereocenters. The molecular weight excluding hydrogens is 581 g/mol. The summed E-state index contributed by atoms with van der Waals surface area (Å²) in [6.45, 7) is 5.76. The lowest BCUT2D eigenvalue weighted by Gasteiger charge is -2.34. The third kappa shape index (κ3) is 9.21. The molecule has 3 aromatic carbocycles. The van der Waals surface area contributed by atoms with Crippen molar-refractivity contribution < 1.29 is 18.0 Å². The number of nitrogens with zero attached hydrogens (tertiary/aromatic N) is 2. The maximum absolute atomic E-state index is 14.2. The Kier molecular flexibility index (Phi) is 11.6. The number of amides is 2. The maximum Gasteiger partial charge on any atom is 0.244 e. The van der Waals surface area contributed by atoms with Crippen molar-refractivity contribution in [2.45, 2.75) is 52.6 Å². The second kappa shape index (κ2) is 14.7. The van der Waals surface area contributed by atoms with Crippen molar-refractivity contribution in [1.29, 1.82) is 0 Å². The first kappa shape index (κ1) is 32.4. The smallest absolute Gasteiger partial charge is 0.244 e. The number of carbonyl (C=O) groups is 2. The van der Waals surface area contributed by atoms with Crippen LogP contribution in [0.1, 0.15) is 42.0 Å². The quantitative estimate of drug-likeness (QED) is 0.241. The molecule has 2 amide bonds. The second-order valence-electron chi connectivity index (χ2n) is 10.2. The van der Waals surface area contributed by atoms with E-state index in [1.54, 1.807) is 37.3 Å². The van der Waals surface area contributed by atoms with Crippen LogP contribution in [0, 0.1) is 13.8 Å². The van der Waals surface area contributed by atoms with E-state index >= 15 is 0 Å². The molecule has 3 aromatic rings. The Labute approximate surface area is 253 Å². The standard InChI is InChI=1S/C31H37Cl2N3O4S/c1-5-6-16-34-31(38)29(19-24-10-8-7-9-11-24)35(20-25-13-14-26(32)27(33)18-25)30(37)21-36(41(4,39)40)28-15-12-22(2)17-23(28)3/h7-15,17-18,29H,5-6,16,19-21H2,1-4H3,(H,34,38)/t29-/m0/s1. The van der Waals surface area contributed by atoms with Crippen molar-refractivity contribution in [2.24, 2.45) is 0 Å². The largest absolute Gasteiger partial charge is 0.354 e. The molecule has 0 bridgehead atoms. The molecule has 0 aliphatic rings. The molecule has 1 N–H and O–H groups in total. The van der Waals surface area contributed by atoms with Crippen LogP contribution >= 0.6 is 23.2 Å². The molecule has 0 radical (unpaired) electrons. The number of anilines is 1. The number of carbonyl (C=O) groups excluding carboxylic acids is 2. The third-order valence-corrected chi connectivity index (χ3v) is 8.60. The summed E-state index contributed by atoms with van der Waals surface area (Å²) >= 11 is 12.4. The zero-order valence-electron chi connectivity index (χ0n) is 23.9. The Morgan fingerprint density at radius 1 is 0.927 bits per heavy atom. The fraction of sp³-hybridized carbons (Fsp3) is 0.355. The summed E-state index contributed by atoms with van der Waals surface area (Å²) in [5.74, 6) is -0.832. The average molecular weight is 619 g/mol. The zero-order chi connectivity index (χ0) is 30.2. The molecule has 220 valence electrons. The fourth-order valence-electron chi connectivity index (χ4n) is 4.57. The van der Waals surface area contributed by atoms with E-state index in [1.807, 2.05) is 50.2 Å². The van der Waals surface area contributed by atoms with Gasteiger partial charge in [0.2, 0.25) is 21.8 Å². The van der Waals surface area contributed by atoms with Gasteiger partial charge in [-0.05, 0) is 55.2 Å². The van der Waals surface area contributed by atoms with Gasteiger partial charge in [-0.25, -0.2) is 8.42 Å². The van der Waals surface area contributed by atoms with Crippen LogP contribution in [0.4, 0.5) is 5.69 Å². The van der Waals surface area contributed by atoms with E-state index < -0.39 is 28.5 Å². The predicted octanol–water partition coefficient (Wildman–Crippen LogP) is 5.93. The number of unbranched alkanes of at least 4 members (excludes halogenated alkanes) is 1. The SMILES string of the molecule is CCCCNC(=O)[C@H](Cc1ccccc1)N(Cc1ccc(Cl)c(Cl)c1)C(=O)CN(c1ccc(C)cc1C)S(C)(=O)=O. The number of aryl methyl sites for hydroxylation is 2. The number of hydrogen-bond donors (Lipinski definition) is 1. The molecule has 0 aliphatic carbocycles. The van der Waals surface area contributed by atoms with Crippen molar-refractivity contribution in [2.75, 3.05) is 23.7 Å². The van der Waals surface area contributed by atoms with Crippen molar-refractivity contribution in [3.05, 3.63) is 99.0 Å². The van der Waals surface area contributed by atoms with E-state index in [2.05, 4.69) is 5.32 Å². The van der Waals surface area contributed by atoms with Gasteiger partial charge in [0.05, 0.1) is 22.0 Å². The van der Waals surface area contributed by atoms with Crippen LogP contribution in [0.15, 0.2) is 66.7 Å². The molecule has 0 heterocycles. The number of sulfonamides is 1. The van der Waals surface area contributed by atoms with Gasteiger partial charge in [-0.3, -0.25) is 13.9 Å². The Morgan fingerprint density at radius 2 is 1.63 bits per heavy atom. The molecule has 3 rings (SSSR count). The van der Waals surface area contributed by atoms with Crippen LogP contribution in [-0.2, 0) is 32.6 Å². The van der Waals surface area contributed by atoms with Crippen molar-refractivity contribution in [1.82, 2.24) is 10.2 Å². The summed E-state index contributed by atoms with van der Waals surface area (Å²) in [6, 6.07) is 18.9. The monoisotopic (exact) mass is 617 g/mol. The third-order valence-electron chi connectivity index (χ3n) is 6.74. The van der Waals surface area contributed by atoms with Crippen molar-refractivity contribution in [3.63, 3.8) is 0 Å².